The number of halogens is 2. The van der Waals surface area contributed by atoms with E-state index in [0.29, 0.717) is 33.0 Å². The van der Waals surface area contributed by atoms with Gasteiger partial charge in [-0.3, -0.25) is 10.1 Å². The molecule has 1 atom stereocenters. The van der Waals surface area contributed by atoms with Crippen LogP contribution >= 0.6 is 23.2 Å². The molecule has 7 nitrogen and oxygen atoms in total. The van der Waals surface area contributed by atoms with Crippen molar-refractivity contribution in [3.63, 3.8) is 0 Å². The van der Waals surface area contributed by atoms with Crippen molar-refractivity contribution in [1.82, 2.24) is 9.96 Å². The normalized spacial score (nSPS) is 17.1. The van der Waals surface area contributed by atoms with E-state index in [1.165, 1.54) is 24.2 Å². The van der Waals surface area contributed by atoms with Gasteiger partial charge in [0, 0.05) is 28.0 Å². The van der Waals surface area contributed by atoms with Gasteiger partial charge in [0.05, 0.1) is 5.54 Å². The van der Waals surface area contributed by atoms with E-state index in [4.69, 9.17) is 23.2 Å². The third-order valence-electron chi connectivity index (χ3n) is 6.35. The van der Waals surface area contributed by atoms with Crippen LogP contribution in [-0.4, -0.2) is 45.5 Å². The number of urea groups is 2. The number of benzene rings is 2. The second kappa shape index (κ2) is 12.0. The summed E-state index contributed by atoms with van der Waals surface area (Å²) in [4.78, 5) is 29.9. The average Bonchev–Trinajstić information content (AvgIpc) is 3.00. The number of unbranched alkanes of at least 4 members (excludes halogenated alkanes) is 5. The number of hydrogen-bond acceptors (Lipinski definition) is 3. The van der Waals surface area contributed by atoms with Crippen LogP contribution in [0.25, 0.3) is 0 Å². The standard InChI is InChI=1S/C26H34Cl2N4O3/c1-4-5-6-7-8-9-16-30-25(34)31(22-15-11-13-20(28)18-22)23(26(30,2)3)32(35)24(33)29-21-14-10-12-19(27)17-21/h10-15,17-18,23,35H,4-9,16H2,1-3H3,(H,29,33). The van der Waals surface area contributed by atoms with E-state index >= 15 is 0 Å². The summed E-state index contributed by atoms with van der Waals surface area (Å²) in [6, 6.07) is 12.4. The molecule has 4 amide bonds. The Bertz CT molecular complexity index is 1030. The Labute approximate surface area is 217 Å². The molecule has 1 heterocycles. The van der Waals surface area contributed by atoms with Crippen molar-refractivity contribution in [3.05, 3.63) is 58.6 Å². The SMILES string of the molecule is CCCCCCCCN1C(=O)N(c2cccc(Cl)c2)C(N(O)C(=O)Nc2cccc(Cl)c2)C1(C)C. The topological polar surface area (TPSA) is 76.1 Å². The molecule has 1 fully saturated rings. The number of carbonyl (C=O) groups is 2. The molecule has 2 aromatic rings. The van der Waals surface area contributed by atoms with E-state index in [1.807, 2.05) is 13.8 Å². The van der Waals surface area contributed by atoms with Crippen LogP contribution in [0.2, 0.25) is 10.0 Å². The maximum Gasteiger partial charge on any atom is 0.347 e. The molecular weight excluding hydrogens is 487 g/mol. The maximum atomic E-state index is 13.7. The van der Waals surface area contributed by atoms with Gasteiger partial charge >= 0.3 is 12.1 Å². The Morgan fingerprint density at radius 2 is 1.66 bits per heavy atom. The third kappa shape index (κ3) is 6.40. The Hall–Kier alpha value is -2.48. The molecule has 1 unspecified atom stereocenters. The highest BCUT2D eigenvalue weighted by atomic mass is 35.5. The highest BCUT2D eigenvalue weighted by molar-refractivity contribution is 6.31. The molecule has 0 bridgehead atoms. The fourth-order valence-electron chi connectivity index (χ4n) is 4.51. The van der Waals surface area contributed by atoms with Gasteiger partial charge in [-0.1, -0.05) is 74.4 Å². The van der Waals surface area contributed by atoms with Crippen LogP contribution in [0.15, 0.2) is 48.5 Å². The van der Waals surface area contributed by atoms with Crippen LogP contribution < -0.4 is 10.2 Å². The lowest BCUT2D eigenvalue weighted by Crippen LogP contribution is -2.58. The summed E-state index contributed by atoms with van der Waals surface area (Å²) in [6.45, 7) is 6.41. The number of carbonyl (C=O) groups excluding carboxylic acids is 2. The van der Waals surface area contributed by atoms with Crippen LogP contribution in [0.4, 0.5) is 21.0 Å². The second-order valence-electron chi connectivity index (χ2n) is 9.36. The van der Waals surface area contributed by atoms with Gasteiger partial charge < -0.3 is 10.2 Å². The number of nitrogens with zero attached hydrogens (tertiary/aromatic N) is 3. The molecule has 0 radical (unpaired) electrons. The van der Waals surface area contributed by atoms with Crippen LogP contribution in [0, 0.1) is 0 Å². The zero-order valence-electron chi connectivity index (χ0n) is 20.5. The summed E-state index contributed by atoms with van der Waals surface area (Å²) in [7, 11) is 0. The highest BCUT2D eigenvalue weighted by Gasteiger charge is 2.55. The molecule has 3 rings (SSSR count). The largest absolute Gasteiger partial charge is 0.347 e. The lowest BCUT2D eigenvalue weighted by molar-refractivity contribution is -0.0949. The van der Waals surface area contributed by atoms with Crippen LogP contribution in [0.1, 0.15) is 59.3 Å². The molecular formula is C26H34Cl2N4O3. The van der Waals surface area contributed by atoms with Gasteiger partial charge in [0.2, 0.25) is 0 Å². The van der Waals surface area contributed by atoms with Crippen molar-refractivity contribution in [2.24, 2.45) is 0 Å². The van der Waals surface area contributed by atoms with E-state index < -0.39 is 17.7 Å². The highest BCUT2D eigenvalue weighted by Crippen LogP contribution is 2.39. The first-order valence-corrected chi connectivity index (χ1v) is 12.8. The van der Waals surface area contributed by atoms with Crippen molar-refractivity contribution in [2.45, 2.75) is 71.0 Å². The van der Waals surface area contributed by atoms with E-state index in [2.05, 4.69) is 12.2 Å². The van der Waals surface area contributed by atoms with Gasteiger partial charge in [-0.05, 0) is 56.7 Å². The Balaban J connectivity index is 1.86. The fourth-order valence-corrected chi connectivity index (χ4v) is 4.89. The molecule has 190 valence electrons. The first kappa shape index (κ1) is 27.1. The van der Waals surface area contributed by atoms with E-state index in [0.717, 1.165) is 19.3 Å². The van der Waals surface area contributed by atoms with E-state index in [9.17, 15) is 14.8 Å². The van der Waals surface area contributed by atoms with Gasteiger partial charge in [-0.2, -0.15) is 5.06 Å². The Kier molecular flexibility index (Phi) is 9.27. The molecule has 2 aromatic carbocycles. The molecule has 1 aliphatic heterocycles. The molecule has 0 saturated carbocycles. The predicted octanol–water partition coefficient (Wildman–Crippen LogP) is 7.62. The number of hydrogen-bond donors (Lipinski definition) is 2. The molecule has 9 heteroatoms. The summed E-state index contributed by atoms with van der Waals surface area (Å²) in [6.07, 6.45) is 5.55. The second-order valence-corrected chi connectivity index (χ2v) is 10.2. The lowest BCUT2D eigenvalue weighted by atomic mass is 9.99. The van der Waals surface area contributed by atoms with Crippen molar-refractivity contribution in [2.75, 3.05) is 16.8 Å². The molecule has 2 N–H and O–H groups in total. The molecule has 0 spiro atoms. The van der Waals surface area contributed by atoms with Gasteiger partial charge in [-0.15, -0.1) is 0 Å². The third-order valence-corrected chi connectivity index (χ3v) is 6.82. The van der Waals surface area contributed by atoms with Crippen molar-refractivity contribution >= 4 is 46.6 Å². The molecule has 1 saturated heterocycles. The zero-order chi connectivity index (χ0) is 25.6. The van der Waals surface area contributed by atoms with Gasteiger partial charge in [-0.25, -0.2) is 9.59 Å². The van der Waals surface area contributed by atoms with Crippen molar-refractivity contribution < 1.29 is 14.8 Å². The summed E-state index contributed by atoms with van der Waals surface area (Å²) < 4.78 is 0. The smallest absolute Gasteiger partial charge is 0.315 e. The van der Waals surface area contributed by atoms with Gasteiger partial charge in [0.15, 0.2) is 6.17 Å². The first-order valence-electron chi connectivity index (χ1n) is 12.1. The van der Waals surface area contributed by atoms with Crippen molar-refractivity contribution in [3.8, 4) is 0 Å². The fraction of sp³-hybridized carbons (Fsp3) is 0.462. The number of rotatable bonds is 10. The number of anilines is 2. The summed E-state index contributed by atoms with van der Waals surface area (Å²) in [5, 5.41) is 15.3. The lowest BCUT2D eigenvalue weighted by Gasteiger charge is -2.38. The monoisotopic (exact) mass is 520 g/mol. The minimum atomic E-state index is -0.993. The number of hydroxylamine groups is 2. The maximum absolute atomic E-state index is 13.7. The van der Waals surface area contributed by atoms with E-state index in [-0.39, 0.29) is 6.03 Å². The first-order chi connectivity index (χ1) is 16.7. The summed E-state index contributed by atoms with van der Waals surface area (Å²) >= 11 is 12.2. The van der Waals surface area contributed by atoms with Gasteiger partial charge in [0.1, 0.15) is 0 Å². The number of nitrogens with one attached hydrogen (secondary N) is 1. The van der Waals surface area contributed by atoms with Gasteiger partial charge in [0.25, 0.3) is 0 Å². The Morgan fingerprint density at radius 1 is 1.03 bits per heavy atom. The van der Waals surface area contributed by atoms with Crippen LogP contribution in [0.5, 0.6) is 0 Å². The molecule has 1 aliphatic rings. The minimum Gasteiger partial charge on any atom is -0.315 e. The predicted molar refractivity (Wildman–Crippen MR) is 141 cm³/mol. The summed E-state index contributed by atoms with van der Waals surface area (Å²) in [5.74, 6) is 0. The Morgan fingerprint density at radius 3 is 2.31 bits per heavy atom. The zero-order valence-corrected chi connectivity index (χ0v) is 22.0. The quantitative estimate of drug-likeness (QED) is 0.192. The summed E-state index contributed by atoms with van der Waals surface area (Å²) in [5.41, 5.74) is 0.0472. The number of amides is 4. The van der Waals surface area contributed by atoms with Crippen LogP contribution in [0.3, 0.4) is 0 Å². The molecule has 35 heavy (non-hydrogen) atoms. The van der Waals surface area contributed by atoms with Crippen LogP contribution in [-0.2, 0) is 0 Å². The van der Waals surface area contributed by atoms with E-state index in [1.54, 1.807) is 53.4 Å². The minimum absolute atomic E-state index is 0.287. The molecule has 0 aromatic heterocycles. The average molecular weight is 521 g/mol. The van der Waals surface area contributed by atoms with Crippen molar-refractivity contribution in [1.29, 1.82) is 0 Å². The molecule has 0 aliphatic carbocycles.